The molecule has 0 spiro atoms. The molecular formula is C14H18N4O6. The van der Waals surface area contributed by atoms with Crippen LogP contribution in [0.3, 0.4) is 0 Å². The molecule has 0 saturated heterocycles. The summed E-state index contributed by atoms with van der Waals surface area (Å²) in [5.41, 5.74) is -0.221. The van der Waals surface area contributed by atoms with Gasteiger partial charge in [0.05, 0.1) is 21.2 Å². The summed E-state index contributed by atoms with van der Waals surface area (Å²) in [6.07, 6.45) is 2.28. The molecule has 130 valence electrons. The first-order valence-electron chi connectivity index (χ1n) is 7.71. The van der Waals surface area contributed by atoms with E-state index >= 15 is 0 Å². The molecule has 2 aliphatic carbocycles. The van der Waals surface area contributed by atoms with Crippen molar-refractivity contribution in [1.82, 2.24) is 10.6 Å². The van der Waals surface area contributed by atoms with Crippen molar-refractivity contribution in [1.29, 1.82) is 0 Å². The summed E-state index contributed by atoms with van der Waals surface area (Å²) in [4.78, 5) is 43.8. The first kappa shape index (κ1) is 17.6. The van der Waals surface area contributed by atoms with Gasteiger partial charge in [-0.2, -0.15) is 0 Å². The maximum absolute atomic E-state index is 11.6. The lowest BCUT2D eigenvalue weighted by atomic mass is 10.00. The molecule has 0 aromatic carbocycles. The Kier molecular flexibility index (Phi) is 5.61. The van der Waals surface area contributed by atoms with E-state index in [2.05, 4.69) is 10.6 Å². The number of nitrogens with zero attached hydrogens (tertiary/aromatic N) is 2. The number of hydrogen-bond acceptors (Lipinski definition) is 8. The van der Waals surface area contributed by atoms with Gasteiger partial charge in [0, 0.05) is 25.9 Å². The van der Waals surface area contributed by atoms with Gasteiger partial charge in [-0.1, -0.05) is 0 Å². The van der Waals surface area contributed by atoms with Gasteiger partial charge < -0.3 is 10.6 Å². The van der Waals surface area contributed by atoms with Gasteiger partial charge in [-0.3, -0.25) is 29.8 Å². The minimum absolute atomic E-state index is 0.168. The van der Waals surface area contributed by atoms with Crippen LogP contribution in [0, 0.1) is 20.2 Å². The quantitative estimate of drug-likeness (QED) is 0.391. The Balaban J connectivity index is 1.97. The molecule has 10 nitrogen and oxygen atoms in total. The monoisotopic (exact) mass is 338 g/mol. The van der Waals surface area contributed by atoms with Gasteiger partial charge in [0.15, 0.2) is 0 Å². The van der Waals surface area contributed by atoms with E-state index < -0.39 is 32.8 Å². The predicted molar refractivity (Wildman–Crippen MR) is 81.8 cm³/mol. The molecule has 0 saturated carbocycles. The van der Waals surface area contributed by atoms with Crippen LogP contribution in [0.25, 0.3) is 0 Å². The zero-order valence-electron chi connectivity index (χ0n) is 13.0. The Bertz CT molecular complexity index is 596. The van der Waals surface area contributed by atoms with Gasteiger partial charge in [-0.05, 0) is 25.7 Å². The van der Waals surface area contributed by atoms with E-state index in [4.69, 9.17) is 0 Å². The third-order valence-electron chi connectivity index (χ3n) is 3.93. The van der Waals surface area contributed by atoms with Crippen LogP contribution in [0.15, 0.2) is 22.8 Å². The van der Waals surface area contributed by atoms with E-state index in [-0.39, 0.29) is 25.9 Å². The highest BCUT2D eigenvalue weighted by Gasteiger charge is 2.31. The van der Waals surface area contributed by atoms with Gasteiger partial charge in [0.2, 0.25) is 11.6 Å². The smallest absolute Gasteiger partial charge is 0.330 e. The van der Waals surface area contributed by atoms with E-state index in [1.54, 1.807) is 0 Å². The van der Waals surface area contributed by atoms with E-state index in [9.17, 15) is 29.8 Å². The van der Waals surface area contributed by atoms with Crippen molar-refractivity contribution in [3.63, 3.8) is 0 Å². The number of nitro groups is 2. The second kappa shape index (κ2) is 7.66. The van der Waals surface area contributed by atoms with Crippen molar-refractivity contribution in [2.45, 2.75) is 38.5 Å². The molecule has 0 aliphatic heterocycles. The Morgan fingerprint density at radius 3 is 1.46 bits per heavy atom. The van der Waals surface area contributed by atoms with Gasteiger partial charge >= 0.3 is 11.4 Å². The number of hydrogen-bond donors (Lipinski definition) is 2. The molecular weight excluding hydrogens is 320 g/mol. The normalized spacial score (nSPS) is 18.7. The Labute approximate surface area is 137 Å². The van der Waals surface area contributed by atoms with Crippen LogP contribution in [0.1, 0.15) is 38.5 Å². The standard InChI is InChI=1S/C14H18N4O6/c19-11-5-1-3-9(13(11)17(21)22)15-7-8-16-10-4-2-6-12(20)14(10)18(23)24/h15-16H,1-8H2. The van der Waals surface area contributed by atoms with Crippen LogP contribution >= 0.6 is 0 Å². The molecule has 0 unspecified atom stereocenters. The lowest BCUT2D eigenvalue weighted by molar-refractivity contribution is -0.421. The maximum Gasteiger partial charge on any atom is 0.330 e. The molecule has 24 heavy (non-hydrogen) atoms. The topological polar surface area (TPSA) is 144 Å². The highest BCUT2D eigenvalue weighted by atomic mass is 16.6. The molecule has 0 aromatic rings. The first-order valence-corrected chi connectivity index (χ1v) is 7.71. The Morgan fingerprint density at radius 2 is 1.12 bits per heavy atom. The van der Waals surface area contributed by atoms with Crippen LogP contribution in [0.4, 0.5) is 0 Å². The zero-order chi connectivity index (χ0) is 17.7. The van der Waals surface area contributed by atoms with Crippen LogP contribution in [0.5, 0.6) is 0 Å². The summed E-state index contributed by atoms with van der Waals surface area (Å²) in [6.45, 7) is 0.505. The fourth-order valence-corrected chi connectivity index (χ4v) is 2.86. The van der Waals surface area contributed by atoms with Crippen LogP contribution < -0.4 is 10.6 Å². The summed E-state index contributed by atoms with van der Waals surface area (Å²) in [5, 5.41) is 27.6. The summed E-state index contributed by atoms with van der Waals surface area (Å²) in [5.74, 6) is -0.976. The van der Waals surface area contributed by atoms with Crippen molar-refractivity contribution in [2.24, 2.45) is 0 Å². The number of ketones is 2. The summed E-state index contributed by atoms with van der Waals surface area (Å²) < 4.78 is 0. The fraction of sp³-hybridized carbons (Fsp3) is 0.571. The molecule has 0 amide bonds. The number of rotatable bonds is 7. The molecule has 2 rings (SSSR count). The second-order valence-corrected chi connectivity index (χ2v) is 5.58. The average molecular weight is 338 g/mol. The predicted octanol–water partition coefficient (Wildman–Crippen LogP) is 0.648. The highest BCUT2D eigenvalue weighted by molar-refractivity contribution is 5.94. The molecule has 0 aromatic heterocycles. The number of carbonyl (C=O) groups is 2. The summed E-state index contributed by atoms with van der Waals surface area (Å²) >= 11 is 0. The van der Waals surface area contributed by atoms with Gasteiger partial charge in [-0.25, -0.2) is 0 Å². The van der Waals surface area contributed by atoms with E-state index in [1.807, 2.05) is 0 Å². The first-order chi connectivity index (χ1) is 11.4. The second-order valence-electron chi connectivity index (χ2n) is 5.58. The Morgan fingerprint density at radius 1 is 0.750 bits per heavy atom. The molecule has 2 aliphatic rings. The molecule has 0 radical (unpaired) electrons. The lowest BCUT2D eigenvalue weighted by Crippen LogP contribution is -2.33. The summed E-state index contributed by atoms with van der Waals surface area (Å²) in [7, 11) is 0. The van der Waals surface area contributed by atoms with Crippen molar-refractivity contribution in [3.8, 4) is 0 Å². The minimum atomic E-state index is -0.676. The third-order valence-corrected chi connectivity index (χ3v) is 3.93. The van der Waals surface area contributed by atoms with Crippen molar-refractivity contribution in [2.75, 3.05) is 13.1 Å². The Hall–Kier alpha value is -2.78. The molecule has 0 heterocycles. The zero-order valence-corrected chi connectivity index (χ0v) is 13.0. The van der Waals surface area contributed by atoms with Crippen LogP contribution in [0.2, 0.25) is 0 Å². The van der Waals surface area contributed by atoms with E-state index in [0.29, 0.717) is 37.1 Å². The SMILES string of the molecule is O=C1CCCC(NCCNC2=C([N+](=O)[O-])C(=O)CCC2)=C1[N+](=O)[O-]. The molecule has 0 bridgehead atoms. The highest BCUT2D eigenvalue weighted by Crippen LogP contribution is 2.21. The number of allylic oxidation sites excluding steroid dienone is 4. The lowest BCUT2D eigenvalue weighted by Gasteiger charge is -2.17. The number of carbonyl (C=O) groups excluding carboxylic acids is 2. The summed E-state index contributed by atoms with van der Waals surface area (Å²) in [6, 6.07) is 0. The van der Waals surface area contributed by atoms with Crippen molar-refractivity contribution >= 4 is 11.6 Å². The third kappa shape index (κ3) is 3.94. The molecule has 0 atom stereocenters. The van der Waals surface area contributed by atoms with Crippen molar-refractivity contribution < 1.29 is 19.4 Å². The fourth-order valence-electron chi connectivity index (χ4n) is 2.86. The van der Waals surface area contributed by atoms with Crippen molar-refractivity contribution in [3.05, 3.63) is 43.0 Å². The average Bonchev–Trinajstić information content (AvgIpc) is 2.50. The molecule has 2 N–H and O–H groups in total. The number of Topliss-reactive ketones (excluding diaryl/α,β-unsaturated/α-hetero) is 2. The van der Waals surface area contributed by atoms with E-state index in [0.717, 1.165) is 0 Å². The van der Waals surface area contributed by atoms with Crippen LogP contribution in [-0.4, -0.2) is 34.5 Å². The number of nitrogens with one attached hydrogen (secondary N) is 2. The largest absolute Gasteiger partial charge is 0.381 e. The van der Waals surface area contributed by atoms with Crippen LogP contribution in [-0.2, 0) is 9.59 Å². The minimum Gasteiger partial charge on any atom is -0.381 e. The van der Waals surface area contributed by atoms with E-state index in [1.165, 1.54) is 0 Å². The molecule has 10 heteroatoms. The van der Waals surface area contributed by atoms with Gasteiger partial charge in [0.25, 0.3) is 0 Å². The van der Waals surface area contributed by atoms with Gasteiger partial charge in [-0.15, -0.1) is 0 Å². The van der Waals surface area contributed by atoms with Gasteiger partial charge in [0.1, 0.15) is 0 Å². The maximum atomic E-state index is 11.6. The molecule has 0 fully saturated rings.